The third-order valence-electron chi connectivity index (χ3n) is 6.08. The Morgan fingerprint density at radius 1 is 1.11 bits per heavy atom. The summed E-state index contributed by atoms with van der Waals surface area (Å²) in [4.78, 5) is 35.8. The predicted octanol–water partition coefficient (Wildman–Crippen LogP) is 3.30. The Kier molecular flexibility index (Phi) is 7.51. The summed E-state index contributed by atoms with van der Waals surface area (Å²) >= 11 is 0. The van der Waals surface area contributed by atoms with E-state index in [0.29, 0.717) is 0 Å². The number of amides is 1. The highest BCUT2D eigenvalue weighted by atomic mass is 32.2. The number of halogens is 4. The second kappa shape index (κ2) is 10.5. The minimum atomic E-state index is -4.59. The zero-order chi connectivity index (χ0) is 27.6. The molecule has 1 aliphatic rings. The van der Waals surface area contributed by atoms with Gasteiger partial charge in [0.25, 0.3) is 0 Å². The third-order valence-corrected chi connectivity index (χ3v) is 8.06. The molecule has 1 aliphatic heterocycles. The van der Waals surface area contributed by atoms with Crippen LogP contribution in [0.4, 0.5) is 17.6 Å². The first-order valence-electron chi connectivity index (χ1n) is 11.2. The van der Waals surface area contributed by atoms with Gasteiger partial charge in [0.05, 0.1) is 22.8 Å². The van der Waals surface area contributed by atoms with Crippen molar-refractivity contribution in [3.05, 3.63) is 77.1 Å². The standard InChI is InChI=1S/C23H20F4N6O4S/c24-16-3-5-18(6-4-16)38(36,37)33-9-1-8-22(33,13-32-35)21(34)29-12-17-10-19(31-14-30-17)15-2-7-20(28-11-15)23(25,26)27/h2-7,10-11,14H,1,8-9,12-13H2,(H,29,34). The van der Waals surface area contributed by atoms with Crippen LogP contribution in [0.5, 0.6) is 0 Å². The molecule has 1 amide bonds. The SMILES string of the molecule is O=NCC1(C(=O)NCc2cc(-c3ccc(C(F)(F)F)nc3)ncn2)CCCN1S(=O)(=O)c1ccc(F)cc1. The number of hydrogen-bond donors (Lipinski definition) is 1. The van der Waals surface area contributed by atoms with Crippen LogP contribution in [0.2, 0.25) is 0 Å². The summed E-state index contributed by atoms with van der Waals surface area (Å²) in [6, 6.07) is 7.52. The molecule has 0 spiro atoms. The highest BCUT2D eigenvalue weighted by molar-refractivity contribution is 7.89. The minimum absolute atomic E-state index is 0.0250. The fourth-order valence-corrected chi connectivity index (χ4v) is 6.00. The van der Waals surface area contributed by atoms with Gasteiger partial charge >= 0.3 is 6.18 Å². The summed E-state index contributed by atoms with van der Waals surface area (Å²) in [5.41, 5.74) is -2.07. The van der Waals surface area contributed by atoms with Crippen molar-refractivity contribution >= 4 is 15.9 Å². The molecule has 1 unspecified atom stereocenters. The molecule has 10 nitrogen and oxygen atoms in total. The van der Waals surface area contributed by atoms with E-state index in [1.54, 1.807) is 0 Å². The van der Waals surface area contributed by atoms with Crippen LogP contribution >= 0.6 is 0 Å². The minimum Gasteiger partial charge on any atom is -0.349 e. The Bertz CT molecular complexity index is 1440. The molecule has 0 radical (unpaired) electrons. The average molecular weight is 553 g/mol. The molecular formula is C23H20F4N6O4S. The van der Waals surface area contributed by atoms with Crippen LogP contribution in [0.25, 0.3) is 11.3 Å². The fraction of sp³-hybridized carbons (Fsp3) is 0.304. The van der Waals surface area contributed by atoms with Crippen molar-refractivity contribution in [1.29, 1.82) is 0 Å². The maximum absolute atomic E-state index is 13.3. The number of sulfonamides is 1. The Balaban J connectivity index is 1.54. The average Bonchev–Trinajstić information content (AvgIpc) is 3.33. The number of carbonyl (C=O) groups excluding carboxylic acids is 1. The highest BCUT2D eigenvalue weighted by Crippen LogP contribution is 2.36. The lowest BCUT2D eigenvalue weighted by molar-refractivity contribution is -0.141. The largest absolute Gasteiger partial charge is 0.433 e. The highest BCUT2D eigenvalue weighted by Gasteiger charge is 2.53. The molecule has 0 aliphatic carbocycles. The Morgan fingerprint density at radius 2 is 1.84 bits per heavy atom. The van der Waals surface area contributed by atoms with E-state index in [2.05, 4.69) is 25.4 Å². The Labute approximate surface area is 214 Å². The van der Waals surface area contributed by atoms with Crippen molar-refractivity contribution in [2.24, 2.45) is 5.18 Å². The summed E-state index contributed by atoms with van der Waals surface area (Å²) in [6.07, 6.45) is -2.13. The number of carbonyl (C=O) groups is 1. The molecule has 38 heavy (non-hydrogen) atoms. The number of aromatic nitrogens is 3. The van der Waals surface area contributed by atoms with E-state index in [1.807, 2.05) is 0 Å². The molecule has 0 bridgehead atoms. The second-order valence-electron chi connectivity index (χ2n) is 8.46. The van der Waals surface area contributed by atoms with Crippen molar-refractivity contribution in [3.63, 3.8) is 0 Å². The molecule has 1 N–H and O–H groups in total. The van der Waals surface area contributed by atoms with Crippen molar-refractivity contribution in [2.45, 2.75) is 36.0 Å². The number of hydrogen-bond acceptors (Lipinski definition) is 8. The number of nitrogens with one attached hydrogen (secondary N) is 1. The topological polar surface area (TPSA) is 135 Å². The van der Waals surface area contributed by atoms with Crippen molar-refractivity contribution in [1.82, 2.24) is 24.6 Å². The lowest BCUT2D eigenvalue weighted by Crippen LogP contribution is -2.59. The molecule has 2 aromatic heterocycles. The van der Waals surface area contributed by atoms with E-state index in [9.17, 15) is 35.7 Å². The first kappa shape index (κ1) is 27.2. The lowest BCUT2D eigenvalue weighted by Gasteiger charge is -2.34. The lowest BCUT2D eigenvalue weighted by atomic mass is 9.96. The molecule has 1 aromatic carbocycles. The summed E-state index contributed by atoms with van der Waals surface area (Å²) in [5, 5.41) is 5.40. The van der Waals surface area contributed by atoms with Gasteiger partial charge in [0.2, 0.25) is 15.9 Å². The van der Waals surface area contributed by atoms with Crippen LogP contribution in [0.3, 0.4) is 0 Å². The molecule has 0 saturated carbocycles. The summed E-state index contributed by atoms with van der Waals surface area (Å²) in [5.74, 6) is -1.42. The van der Waals surface area contributed by atoms with Gasteiger partial charge in [0, 0.05) is 18.3 Å². The molecular weight excluding hydrogens is 532 g/mol. The van der Waals surface area contributed by atoms with Gasteiger partial charge in [-0.25, -0.2) is 22.8 Å². The summed E-state index contributed by atoms with van der Waals surface area (Å²) in [6.45, 7) is -0.903. The third kappa shape index (κ3) is 5.38. The molecule has 15 heteroatoms. The first-order chi connectivity index (χ1) is 18.0. The van der Waals surface area contributed by atoms with E-state index >= 15 is 0 Å². The summed E-state index contributed by atoms with van der Waals surface area (Å²) in [7, 11) is -4.28. The molecule has 1 saturated heterocycles. The number of rotatable bonds is 8. The van der Waals surface area contributed by atoms with Gasteiger partial charge in [0.1, 0.15) is 29.9 Å². The van der Waals surface area contributed by atoms with E-state index < -0.39 is 45.7 Å². The normalized spacial score (nSPS) is 18.3. The van der Waals surface area contributed by atoms with E-state index in [-0.39, 0.29) is 47.8 Å². The van der Waals surface area contributed by atoms with Gasteiger partial charge in [-0.15, -0.1) is 0 Å². The van der Waals surface area contributed by atoms with Crippen LogP contribution in [-0.4, -0.2) is 52.2 Å². The van der Waals surface area contributed by atoms with Crippen LogP contribution in [0, 0.1) is 10.7 Å². The number of nitrogens with zero attached hydrogens (tertiary/aromatic N) is 5. The van der Waals surface area contributed by atoms with Gasteiger partial charge in [-0.3, -0.25) is 9.78 Å². The number of pyridine rings is 1. The van der Waals surface area contributed by atoms with E-state index in [1.165, 1.54) is 12.1 Å². The van der Waals surface area contributed by atoms with Crippen LogP contribution in [0.1, 0.15) is 24.2 Å². The van der Waals surface area contributed by atoms with Crippen molar-refractivity contribution in [3.8, 4) is 11.3 Å². The smallest absolute Gasteiger partial charge is 0.349 e. The summed E-state index contributed by atoms with van der Waals surface area (Å²) < 4.78 is 79.1. The van der Waals surface area contributed by atoms with Gasteiger partial charge in [0.15, 0.2) is 0 Å². The number of nitroso groups, excluding NO2 is 1. The fourth-order valence-electron chi connectivity index (χ4n) is 4.20. The van der Waals surface area contributed by atoms with E-state index in [0.717, 1.165) is 47.2 Å². The molecule has 3 aromatic rings. The van der Waals surface area contributed by atoms with Gasteiger partial charge < -0.3 is 5.32 Å². The van der Waals surface area contributed by atoms with E-state index in [4.69, 9.17) is 0 Å². The first-order valence-corrected chi connectivity index (χ1v) is 12.6. The zero-order valence-corrected chi connectivity index (χ0v) is 20.3. The molecule has 4 rings (SSSR count). The van der Waals surface area contributed by atoms with Crippen LogP contribution in [0.15, 0.2) is 65.1 Å². The van der Waals surface area contributed by atoms with Gasteiger partial charge in [-0.1, -0.05) is 5.18 Å². The quantitative estimate of drug-likeness (QED) is 0.335. The van der Waals surface area contributed by atoms with Gasteiger partial charge in [-0.2, -0.15) is 22.4 Å². The van der Waals surface area contributed by atoms with Crippen LogP contribution in [-0.2, 0) is 27.5 Å². The van der Waals surface area contributed by atoms with Crippen molar-refractivity contribution in [2.75, 3.05) is 13.1 Å². The predicted molar refractivity (Wildman–Crippen MR) is 125 cm³/mol. The number of alkyl halides is 3. The molecule has 1 atom stereocenters. The second-order valence-corrected chi connectivity index (χ2v) is 10.3. The molecule has 1 fully saturated rings. The van der Waals surface area contributed by atoms with Gasteiger partial charge in [-0.05, 0) is 55.3 Å². The molecule has 200 valence electrons. The Morgan fingerprint density at radius 3 is 2.47 bits per heavy atom. The van der Waals surface area contributed by atoms with Crippen molar-refractivity contribution < 1.29 is 30.8 Å². The molecule has 3 heterocycles. The van der Waals surface area contributed by atoms with Crippen LogP contribution < -0.4 is 5.32 Å². The monoisotopic (exact) mass is 552 g/mol. The Hall–Kier alpha value is -3.85. The maximum atomic E-state index is 13.3. The maximum Gasteiger partial charge on any atom is 0.433 e. The zero-order valence-electron chi connectivity index (χ0n) is 19.5. The number of benzene rings is 1.